The fraction of sp³-hybridized carbons (Fsp3) is 0.200. The summed E-state index contributed by atoms with van der Waals surface area (Å²) in [4.78, 5) is 16.9. The first-order valence-electron chi connectivity index (χ1n) is 8.26. The number of aryl methyl sites for hydroxylation is 1. The average molecular weight is 351 g/mol. The van der Waals surface area contributed by atoms with Crippen molar-refractivity contribution in [3.63, 3.8) is 0 Å². The summed E-state index contributed by atoms with van der Waals surface area (Å²) in [6.45, 7) is -0.117. The molecule has 0 bridgehead atoms. The second-order valence-electron chi connectivity index (χ2n) is 5.75. The Bertz CT molecular complexity index is 862. The summed E-state index contributed by atoms with van der Waals surface area (Å²) in [5.41, 5.74) is 0.951. The quantitative estimate of drug-likeness (QED) is 0.711. The molecule has 0 aliphatic rings. The summed E-state index contributed by atoms with van der Waals surface area (Å²) < 4.78 is 12.7. The number of nitrogens with zero attached hydrogens (tertiary/aromatic N) is 2. The minimum Gasteiger partial charge on any atom is -0.493 e. The number of aromatic nitrogens is 2. The van der Waals surface area contributed by atoms with Gasteiger partial charge in [-0.25, -0.2) is 4.98 Å². The van der Waals surface area contributed by atoms with Crippen molar-refractivity contribution in [3.8, 4) is 11.5 Å². The Kier molecular flexibility index (Phi) is 5.53. The highest BCUT2D eigenvalue weighted by Gasteiger charge is 2.21. The van der Waals surface area contributed by atoms with Crippen molar-refractivity contribution in [1.29, 1.82) is 0 Å². The molecule has 134 valence electrons. The number of hydrogen-bond acceptors (Lipinski definition) is 4. The topological polar surface area (TPSA) is 65.4 Å². The molecule has 1 heterocycles. The van der Waals surface area contributed by atoms with Crippen LogP contribution in [0, 0.1) is 0 Å². The average Bonchev–Trinajstić information content (AvgIpc) is 3.11. The zero-order valence-corrected chi connectivity index (χ0v) is 14.8. The largest absolute Gasteiger partial charge is 0.493 e. The molecule has 0 saturated carbocycles. The van der Waals surface area contributed by atoms with Gasteiger partial charge in [-0.3, -0.25) is 4.79 Å². The van der Waals surface area contributed by atoms with Crippen molar-refractivity contribution < 1.29 is 14.3 Å². The molecule has 26 heavy (non-hydrogen) atoms. The minimum atomic E-state index is -0.357. The second-order valence-corrected chi connectivity index (χ2v) is 5.75. The first-order valence-corrected chi connectivity index (χ1v) is 8.26. The number of hydrogen-bond donors (Lipinski definition) is 1. The van der Waals surface area contributed by atoms with E-state index < -0.39 is 0 Å². The second kappa shape index (κ2) is 8.20. The third-order valence-corrected chi connectivity index (χ3v) is 3.98. The Hall–Kier alpha value is -3.28. The van der Waals surface area contributed by atoms with Gasteiger partial charge in [0.05, 0.1) is 7.11 Å². The fourth-order valence-electron chi connectivity index (χ4n) is 2.68. The van der Waals surface area contributed by atoms with E-state index in [4.69, 9.17) is 9.47 Å². The molecule has 0 unspecified atom stereocenters. The third-order valence-electron chi connectivity index (χ3n) is 3.98. The van der Waals surface area contributed by atoms with E-state index in [1.807, 2.05) is 60.3 Å². The fourth-order valence-corrected chi connectivity index (χ4v) is 2.68. The van der Waals surface area contributed by atoms with Crippen molar-refractivity contribution in [2.75, 3.05) is 13.7 Å². The molecule has 1 aromatic heterocycles. The molecule has 6 nitrogen and oxygen atoms in total. The molecule has 1 amide bonds. The molecule has 0 saturated heterocycles. The van der Waals surface area contributed by atoms with Crippen LogP contribution in [-0.4, -0.2) is 29.2 Å². The number of carbonyl (C=O) groups is 1. The smallest absolute Gasteiger partial charge is 0.258 e. The first kappa shape index (κ1) is 17.5. The van der Waals surface area contributed by atoms with E-state index in [0.29, 0.717) is 11.5 Å². The zero-order chi connectivity index (χ0) is 18.4. The number of imidazole rings is 1. The Morgan fingerprint density at radius 1 is 1.12 bits per heavy atom. The van der Waals surface area contributed by atoms with Crippen molar-refractivity contribution >= 4 is 5.91 Å². The van der Waals surface area contributed by atoms with Gasteiger partial charge < -0.3 is 19.4 Å². The lowest BCUT2D eigenvalue weighted by molar-refractivity contribution is -0.123. The maximum atomic E-state index is 12.5. The van der Waals surface area contributed by atoms with Crippen molar-refractivity contribution in [2.45, 2.75) is 6.04 Å². The van der Waals surface area contributed by atoms with Crippen LogP contribution < -0.4 is 14.8 Å². The number of rotatable bonds is 7. The molecule has 2 aromatic carbocycles. The lowest BCUT2D eigenvalue weighted by Gasteiger charge is -2.19. The molecule has 3 rings (SSSR count). The molecular weight excluding hydrogens is 330 g/mol. The van der Waals surface area contributed by atoms with Crippen molar-refractivity contribution in [2.24, 2.45) is 7.05 Å². The molecule has 6 heteroatoms. The van der Waals surface area contributed by atoms with Crippen molar-refractivity contribution in [1.82, 2.24) is 14.9 Å². The SMILES string of the molecule is COc1ccccc1OCC(=O)N[C@H](c1ccccc1)c1nccn1C. The van der Waals surface area contributed by atoms with Gasteiger partial charge in [-0.2, -0.15) is 0 Å². The van der Waals surface area contributed by atoms with E-state index in [-0.39, 0.29) is 18.6 Å². The highest BCUT2D eigenvalue weighted by molar-refractivity contribution is 5.78. The lowest BCUT2D eigenvalue weighted by atomic mass is 10.1. The van der Waals surface area contributed by atoms with E-state index in [0.717, 1.165) is 11.4 Å². The van der Waals surface area contributed by atoms with Crippen LogP contribution in [0.15, 0.2) is 67.0 Å². The Labute approximate surface area is 152 Å². The van der Waals surface area contributed by atoms with Crippen molar-refractivity contribution in [3.05, 3.63) is 78.4 Å². The van der Waals surface area contributed by atoms with Gasteiger partial charge in [0, 0.05) is 19.4 Å². The Morgan fingerprint density at radius 2 is 1.81 bits per heavy atom. The molecule has 0 fully saturated rings. The Morgan fingerprint density at radius 3 is 2.46 bits per heavy atom. The van der Waals surface area contributed by atoms with Crippen LogP contribution in [0.1, 0.15) is 17.4 Å². The van der Waals surface area contributed by atoms with Crippen LogP contribution in [0.5, 0.6) is 11.5 Å². The Balaban J connectivity index is 1.73. The molecule has 1 atom stereocenters. The van der Waals surface area contributed by atoms with Gasteiger partial charge in [0.25, 0.3) is 5.91 Å². The molecule has 0 aliphatic heterocycles. The number of ether oxygens (including phenoxy) is 2. The molecule has 1 N–H and O–H groups in total. The summed E-state index contributed by atoms with van der Waals surface area (Å²) in [6.07, 6.45) is 3.56. The monoisotopic (exact) mass is 351 g/mol. The molecule has 0 spiro atoms. The molecular formula is C20H21N3O3. The maximum absolute atomic E-state index is 12.5. The van der Waals surface area contributed by atoms with Gasteiger partial charge in [0.1, 0.15) is 11.9 Å². The predicted octanol–water partition coefficient (Wildman–Crippen LogP) is 2.71. The van der Waals surface area contributed by atoms with Gasteiger partial charge in [0.2, 0.25) is 0 Å². The summed E-state index contributed by atoms with van der Waals surface area (Å²) >= 11 is 0. The van der Waals surface area contributed by atoms with Crippen LogP contribution in [0.3, 0.4) is 0 Å². The number of para-hydroxylation sites is 2. The van der Waals surface area contributed by atoms with Gasteiger partial charge in [-0.15, -0.1) is 0 Å². The van der Waals surface area contributed by atoms with E-state index in [1.54, 1.807) is 25.4 Å². The number of carbonyl (C=O) groups excluding carboxylic acids is 1. The minimum absolute atomic E-state index is 0.117. The number of nitrogens with one attached hydrogen (secondary N) is 1. The lowest BCUT2D eigenvalue weighted by Crippen LogP contribution is -2.34. The van der Waals surface area contributed by atoms with Crippen LogP contribution >= 0.6 is 0 Å². The van der Waals surface area contributed by atoms with E-state index >= 15 is 0 Å². The van der Waals surface area contributed by atoms with Gasteiger partial charge in [-0.1, -0.05) is 42.5 Å². The molecule has 0 radical (unpaired) electrons. The third kappa shape index (κ3) is 4.03. The predicted molar refractivity (Wildman–Crippen MR) is 98.1 cm³/mol. The number of amides is 1. The number of methoxy groups -OCH3 is 1. The van der Waals surface area contributed by atoms with E-state index in [9.17, 15) is 4.79 Å². The van der Waals surface area contributed by atoms with Crippen LogP contribution in [0.4, 0.5) is 0 Å². The summed E-state index contributed by atoms with van der Waals surface area (Å²) in [7, 11) is 3.46. The van der Waals surface area contributed by atoms with Crippen LogP contribution in [0.2, 0.25) is 0 Å². The molecule has 3 aromatic rings. The highest BCUT2D eigenvalue weighted by atomic mass is 16.5. The highest BCUT2D eigenvalue weighted by Crippen LogP contribution is 2.26. The summed E-state index contributed by atoms with van der Waals surface area (Å²) in [5.74, 6) is 1.62. The van der Waals surface area contributed by atoms with E-state index in [2.05, 4.69) is 10.3 Å². The van der Waals surface area contributed by atoms with Gasteiger partial charge >= 0.3 is 0 Å². The van der Waals surface area contributed by atoms with Gasteiger partial charge in [0.15, 0.2) is 18.1 Å². The normalized spacial score (nSPS) is 11.6. The first-order chi connectivity index (χ1) is 12.7. The summed E-state index contributed by atoms with van der Waals surface area (Å²) in [6, 6.07) is 16.6. The summed E-state index contributed by atoms with van der Waals surface area (Å²) in [5, 5.41) is 3.00. The van der Waals surface area contributed by atoms with Crippen LogP contribution in [0.25, 0.3) is 0 Å². The number of benzene rings is 2. The standard InChI is InChI=1S/C20H21N3O3/c1-23-13-12-21-20(23)19(15-8-4-3-5-9-15)22-18(24)14-26-17-11-7-6-10-16(17)25-2/h3-13,19H,14H2,1-2H3,(H,22,24)/t19-/m1/s1. The maximum Gasteiger partial charge on any atom is 0.258 e. The van der Waals surface area contributed by atoms with Crippen LogP contribution in [-0.2, 0) is 11.8 Å². The molecule has 0 aliphatic carbocycles. The van der Waals surface area contributed by atoms with E-state index in [1.165, 1.54) is 0 Å². The zero-order valence-electron chi connectivity index (χ0n) is 14.8. The van der Waals surface area contributed by atoms with Gasteiger partial charge in [-0.05, 0) is 17.7 Å².